The lowest BCUT2D eigenvalue weighted by atomic mass is 9.93. The number of rotatable bonds is 1. The lowest BCUT2D eigenvalue weighted by molar-refractivity contribution is 1.33. The summed E-state index contributed by atoms with van der Waals surface area (Å²) in [7, 11) is 0. The van der Waals surface area contributed by atoms with E-state index in [9.17, 15) is 0 Å². The van der Waals surface area contributed by atoms with E-state index < -0.39 is 0 Å². The maximum Gasteiger partial charge on any atom is 0.0702 e. The molecule has 2 heteroatoms. The molecule has 0 saturated carbocycles. The summed E-state index contributed by atoms with van der Waals surface area (Å²) >= 11 is 0. The van der Waals surface area contributed by atoms with Gasteiger partial charge in [-0.25, -0.2) is 0 Å². The first-order valence-corrected chi connectivity index (χ1v) is 10.6. The van der Waals surface area contributed by atoms with Crippen LogP contribution in [0, 0.1) is 0 Å². The van der Waals surface area contributed by atoms with E-state index in [0.29, 0.717) is 0 Å². The monoisotopic (exact) mass is 394 g/mol. The van der Waals surface area contributed by atoms with Crippen LogP contribution in [-0.2, 0) is 0 Å². The molecule has 1 N–H and O–H groups in total. The largest absolute Gasteiger partial charge is 0.354 e. The summed E-state index contributed by atoms with van der Waals surface area (Å²) in [5, 5.41) is 10.3. The highest BCUT2D eigenvalue weighted by Crippen LogP contribution is 2.39. The molecule has 0 aliphatic carbocycles. The average molecular weight is 394 g/mol. The van der Waals surface area contributed by atoms with Gasteiger partial charge in [0, 0.05) is 33.6 Å². The molecule has 0 bridgehead atoms. The van der Waals surface area contributed by atoms with E-state index in [2.05, 4.69) is 94.9 Å². The van der Waals surface area contributed by atoms with Crippen LogP contribution >= 0.6 is 0 Å². The number of hydrogen-bond donors (Lipinski definition) is 1. The summed E-state index contributed by atoms with van der Waals surface area (Å²) in [5.74, 6) is 0. The van der Waals surface area contributed by atoms with Crippen LogP contribution in [-0.4, -0.2) is 9.97 Å². The van der Waals surface area contributed by atoms with Crippen molar-refractivity contribution in [1.29, 1.82) is 0 Å². The molecule has 0 unspecified atom stereocenters. The van der Waals surface area contributed by atoms with Crippen LogP contribution in [0.2, 0.25) is 0 Å². The molecule has 0 spiro atoms. The number of hydrogen-bond acceptors (Lipinski definition) is 1. The zero-order chi connectivity index (χ0) is 20.4. The molecule has 144 valence electrons. The molecule has 5 aromatic carbocycles. The van der Waals surface area contributed by atoms with Gasteiger partial charge in [0.25, 0.3) is 0 Å². The summed E-state index contributed by atoms with van der Waals surface area (Å²) in [6.07, 6.45) is 1.85. The van der Waals surface area contributed by atoms with Gasteiger partial charge in [0.15, 0.2) is 0 Å². The van der Waals surface area contributed by atoms with Crippen LogP contribution in [0.5, 0.6) is 0 Å². The molecule has 31 heavy (non-hydrogen) atoms. The highest BCUT2D eigenvalue weighted by atomic mass is 14.7. The van der Waals surface area contributed by atoms with E-state index in [4.69, 9.17) is 0 Å². The zero-order valence-electron chi connectivity index (χ0n) is 16.8. The van der Waals surface area contributed by atoms with Crippen molar-refractivity contribution in [2.45, 2.75) is 0 Å². The van der Waals surface area contributed by atoms with E-state index in [0.717, 1.165) is 16.8 Å². The van der Waals surface area contributed by atoms with Gasteiger partial charge in [-0.15, -0.1) is 0 Å². The van der Waals surface area contributed by atoms with Gasteiger partial charge in [-0.05, 0) is 68.7 Å². The Kier molecular flexibility index (Phi) is 3.30. The van der Waals surface area contributed by atoms with Crippen LogP contribution in [0.4, 0.5) is 0 Å². The molecule has 0 saturated heterocycles. The van der Waals surface area contributed by atoms with Gasteiger partial charge in [0.2, 0.25) is 0 Å². The molecular formula is C29H18N2. The SMILES string of the molecule is c1ccc(-c2ccc3[nH]c4cc5c6ccccc6c6ccccc6c5cc4c3c2)nc1. The fraction of sp³-hybridized carbons (Fsp3) is 0. The molecule has 7 aromatic rings. The Morgan fingerprint density at radius 2 is 1.06 bits per heavy atom. The topological polar surface area (TPSA) is 28.7 Å². The third-order valence-electron chi connectivity index (χ3n) is 6.42. The number of fused-ring (bicyclic) bond motifs is 9. The van der Waals surface area contributed by atoms with E-state index in [1.807, 2.05) is 18.3 Å². The highest BCUT2D eigenvalue weighted by molar-refractivity contribution is 6.28. The third kappa shape index (κ3) is 2.36. The number of nitrogens with zero attached hydrogens (tertiary/aromatic N) is 1. The molecule has 0 aliphatic rings. The quantitative estimate of drug-likeness (QED) is 0.282. The molecule has 2 nitrogen and oxygen atoms in total. The minimum absolute atomic E-state index is 0.996. The highest BCUT2D eigenvalue weighted by Gasteiger charge is 2.12. The third-order valence-corrected chi connectivity index (χ3v) is 6.42. The number of aromatic nitrogens is 2. The van der Waals surface area contributed by atoms with Gasteiger partial charge >= 0.3 is 0 Å². The van der Waals surface area contributed by atoms with Crippen molar-refractivity contribution in [3.8, 4) is 11.3 Å². The Morgan fingerprint density at radius 3 is 1.74 bits per heavy atom. The first-order chi connectivity index (χ1) is 15.4. The minimum atomic E-state index is 0.996. The second-order valence-electron chi connectivity index (χ2n) is 8.13. The fourth-order valence-corrected chi connectivity index (χ4v) is 4.99. The summed E-state index contributed by atoms with van der Waals surface area (Å²) in [4.78, 5) is 8.18. The molecule has 0 amide bonds. The molecule has 2 heterocycles. The molecule has 0 radical (unpaired) electrons. The van der Waals surface area contributed by atoms with Crippen LogP contribution in [0.1, 0.15) is 0 Å². The molecule has 0 aliphatic heterocycles. The fourth-order valence-electron chi connectivity index (χ4n) is 4.99. The first-order valence-electron chi connectivity index (χ1n) is 10.6. The number of aromatic amines is 1. The standard InChI is InChI=1S/C29H18N2/c1-3-9-21-19(7-1)20-8-2-4-10-22(20)24-17-29-26(16-23(21)24)25-15-18(12-13-28(25)31-29)27-11-5-6-14-30-27/h1-17,31H. The predicted octanol–water partition coefficient (Wildman–Crippen LogP) is 7.84. The molecule has 0 fully saturated rings. The maximum atomic E-state index is 4.54. The van der Waals surface area contributed by atoms with E-state index in [1.54, 1.807) is 0 Å². The number of H-pyrrole nitrogens is 1. The van der Waals surface area contributed by atoms with Crippen molar-refractivity contribution in [3.05, 3.63) is 103 Å². The van der Waals surface area contributed by atoms with Gasteiger partial charge in [-0.2, -0.15) is 0 Å². The molecular weight excluding hydrogens is 376 g/mol. The summed E-state index contributed by atoms with van der Waals surface area (Å²) in [6.45, 7) is 0. The molecule has 2 aromatic heterocycles. The van der Waals surface area contributed by atoms with Crippen LogP contribution in [0.15, 0.2) is 103 Å². The number of pyridine rings is 1. The molecule has 0 atom stereocenters. The van der Waals surface area contributed by atoms with Gasteiger partial charge in [0.05, 0.1) is 5.69 Å². The Hall–Kier alpha value is -4.17. The van der Waals surface area contributed by atoms with E-state index in [-0.39, 0.29) is 0 Å². The predicted molar refractivity (Wildman–Crippen MR) is 132 cm³/mol. The lowest BCUT2D eigenvalue weighted by Gasteiger charge is -2.10. The smallest absolute Gasteiger partial charge is 0.0702 e. The van der Waals surface area contributed by atoms with Crippen LogP contribution in [0.25, 0.3) is 65.4 Å². The maximum absolute atomic E-state index is 4.54. The van der Waals surface area contributed by atoms with Crippen molar-refractivity contribution in [3.63, 3.8) is 0 Å². The van der Waals surface area contributed by atoms with Crippen molar-refractivity contribution in [2.24, 2.45) is 0 Å². The second kappa shape index (κ2) is 6.16. The van der Waals surface area contributed by atoms with E-state index >= 15 is 0 Å². The van der Waals surface area contributed by atoms with Gasteiger partial charge in [-0.3, -0.25) is 4.98 Å². The van der Waals surface area contributed by atoms with Gasteiger partial charge in [0.1, 0.15) is 0 Å². The van der Waals surface area contributed by atoms with Gasteiger partial charge < -0.3 is 4.98 Å². The number of benzene rings is 5. The van der Waals surface area contributed by atoms with Crippen molar-refractivity contribution in [2.75, 3.05) is 0 Å². The zero-order valence-corrected chi connectivity index (χ0v) is 16.8. The minimum Gasteiger partial charge on any atom is -0.354 e. The van der Waals surface area contributed by atoms with Crippen LogP contribution in [0.3, 0.4) is 0 Å². The summed E-state index contributed by atoms with van der Waals surface area (Å²) < 4.78 is 0. The van der Waals surface area contributed by atoms with Gasteiger partial charge in [-0.1, -0.05) is 60.7 Å². The Balaban J connectivity index is 1.64. The normalized spacial score (nSPS) is 11.9. The van der Waals surface area contributed by atoms with E-state index in [1.165, 1.54) is 48.6 Å². The average Bonchev–Trinajstić information content (AvgIpc) is 3.20. The Labute approximate surface area is 178 Å². The Bertz CT molecular complexity index is 1780. The van der Waals surface area contributed by atoms with Crippen molar-refractivity contribution < 1.29 is 0 Å². The number of nitrogens with one attached hydrogen (secondary N) is 1. The first kappa shape index (κ1) is 16.6. The summed E-state index contributed by atoms with van der Waals surface area (Å²) in [6, 6.07) is 34.7. The lowest BCUT2D eigenvalue weighted by Crippen LogP contribution is -1.83. The molecule has 7 rings (SSSR count). The van der Waals surface area contributed by atoms with Crippen molar-refractivity contribution in [1.82, 2.24) is 9.97 Å². The van der Waals surface area contributed by atoms with Crippen molar-refractivity contribution >= 4 is 54.1 Å². The Morgan fingerprint density at radius 1 is 0.452 bits per heavy atom. The second-order valence-corrected chi connectivity index (χ2v) is 8.13. The summed E-state index contributed by atoms with van der Waals surface area (Å²) in [5.41, 5.74) is 4.45. The van der Waals surface area contributed by atoms with Crippen LogP contribution < -0.4 is 0 Å².